The molecule has 1 unspecified atom stereocenters. The number of hydrogen-bond donors (Lipinski definition) is 1. The van der Waals surface area contributed by atoms with E-state index >= 15 is 0 Å². The second kappa shape index (κ2) is 9.27. The average Bonchev–Trinajstić information content (AvgIpc) is 2.72. The highest BCUT2D eigenvalue weighted by molar-refractivity contribution is 5.44. The summed E-state index contributed by atoms with van der Waals surface area (Å²) < 4.78 is 10.9. The van der Waals surface area contributed by atoms with Gasteiger partial charge < -0.3 is 19.7 Å². The summed E-state index contributed by atoms with van der Waals surface area (Å²) in [7, 11) is 1.65. The van der Waals surface area contributed by atoms with Gasteiger partial charge in [0.1, 0.15) is 23.9 Å². The third-order valence-corrected chi connectivity index (χ3v) is 4.75. The molecule has 0 aliphatic carbocycles. The molecule has 2 aromatic rings. The van der Waals surface area contributed by atoms with Gasteiger partial charge in [0.05, 0.1) is 13.7 Å². The van der Waals surface area contributed by atoms with Crippen molar-refractivity contribution in [3.8, 4) is 11.5 Å². The molecule has 26 heavy (non-hydrogen) atoms. The van der Waals surface area contributed by atoms with Gasteiger partial charge in [-0.25, -0.2) is 4.98 Å². The van der Waals surface area contributed by atoms with Gasteiger partial charge in [-0.1, -0.05) is 6.92 Å². The Bertz CT molecular complexity index is 678. The Morgan fingerprint density at radius 1 is 1.15 bits per heavy atom. The summed E-state index contributed by atoms with van der Waals surface area (Å²) in [5.41, 5.74) is 0. The highest BCUT2D eigenvalue weighted by Gasteiger charge is 2.22. The lowest BCUT2D eigenvalue weighted by atomic mass is 10.0. The number of rotatable bonds is 8. The van der Waals surface area contributed by atoms with Gasteiger partial charge in [-0.05, 0) is 56.0 Å². The number of aromatic nitrogens is 2. The van der Waals surface area contributed by atoms with Crippen molar-refractivity contribution in [3.05, 3.63) is 36.5 Å². The largest absolute Gasteiger partial charge is 0.497 e. The monoisotopic (exact) mass is 356 g/mol. The van der Waals surface area contributed by atoms with Crippen LogP contribution in [0, 0.1) is 0 Å². The molecule has 3 rings (SSSR count). The van der Waals surface area contributed by atoms with Gasteiger partial charge in [-0.3, -0.25) is 0 Å². The van der Waals surface area contributed by atoms with Crippen LogP contribution in [0.15, 0.2) is 36.5 Å². The molecule has 1 N–H and O–H groups in total. The predicted octanol–water partition coefficient (Wildman–Crippen LogP) is 3.75. The maximum Gasteiger partial charge on any atom is 0.224 e. The van der Waals surface area contributed by atoms with E-state index in [9.17, 15) is 0 Å². The van der Waals surface area contributed by atoms with Gasteiger partial charge in [0, 0.05) is 18.8 Å². The minimum Gasteiger partial charge on any atom is -0.497 e. The minimum atomic E-state index is 0.543. The number of benzene rings is 1. The molecule has 1 aliphatic rings. The molecule has 0 saturated carbocycles. The van der Waals surface area contributed by atoms with E-state index in [2.05, 4.69) is 22.1 Å². The number of nitrogens with zero attached hydrogens (tertiary/aromatic N) is 3. The van der Waals surface area contributed by atoms with Crippen LogP contribution in [0.2, 0.25) is 0 Å². The molecule has 140 valence electrons. The van der Waals surface area contributed by atoms with E-state index in [1.54, 1.807) is 7.11 Å². The number of nitrogens with one attached hydrogen (secondary N) is 1. The van der Waals surface area contributed by atoms with Crippen LogP contribution in [0.5, 0.6) is 11.5 Å². The maximum absolute atomic E-state index is 5.72. The van der Waals surface area contributed by atoms with Gasteiger partial charge in [0.15, 0.2) is 0 Å². The molecule has 1 fully saturated rings. The third-order valence-electron chi connectivity index (χ3n) is 4.75. The van der Waals surface area contributed by atoms with Crippen LogP contribution >= 0.6 is 0 Å². The zero-order valence-electron chi connectivity index (χ0n) is 15.6. The minimum absolute atomic E-state index is 0.543. The average molecular weight is 356 g/mol. The molecule has 0 amide bonds. The summed E-state index contributed by atoms with van der Waals surface area (Å²) in [6.07, 6.45) is 6.78. The number of anilines is 2. The fraction of sp³-hybridized carbons (Fsp3) is 0.500. The first-order valence-corrected chi connectivity index (χ1v) is 9.40. The van der Waals surface area contributed by atoms with Crippen LogP contribution in [0.4, 0.5) is 11.8 Å². The summed E-state index contributed by atoms with van der Waals surface area (Å²) in [6.45, 7) is 4.52. The first-order valence-electron chi connectivity index (χ1n) is 9.40. The molecule has 1 aromatic heterocycles. The van der Waals surface area contributed by atoms with E-state index in [4.69, 9.17) is 14.5 Å². The van der Waals surface area contributed by atoms with Crippen molar-refractivity contribution in [1.82, 2.24) is 9.97 Å². The van der Waals surface area contributed by atoms with E-state index in [0.29, 0.717) is 25.1 Å². The molecule has 6 heteroatoms. The van der Waals surface area contributed by atoms with Crippen molar-refractivity contribution in [2.45, 2.75) is 38.6 Å². The van der Waals surface area contributed by atoms with Crippen molar-refractivity contribution >= 4 is 11.8 Å². The number of ether oxygens (including phenoxy) is 2. The molecule has 0 bridgehead atoms. The second-order valence-corrected chi connectivity index (χ2v) is 6.44. The Morgan fingerprint density at radius 3 is 2.73 bits per heavy atom. The molecule has 6 nitrogen and oxygen atoms in total. The van der Waals surface area contributed by atoms with E-state index in [1.807, 2.05) is 36.5 Å². The lowest BCUT2D eigenvalue weighted by Crippen LogP contribution is -2.39. The normalized spacial score (nSPS) is 17.0. The van der Waals surface area contributed by atoms with Crippen molar-refractivity contribution in [3.63, 3.8) is 0 Å². The van der Waals surface area contributed by atoms with Crippen molar-refractivity contribution in [2.24, 2.45) is 0 Å². The van der Waals surface area contributed by atoms with Crippen LogP contribution in [-0.4, -0.2) is 42.8 Å². The molecule has 0 radical (unpaired) electrons. The standard InChI is InChI=1S/C20H28N4O2/c1-3-16-6-4-5-14-24(16)19-11-12-21-20(23-19)22-13-15-26-18-9-7-17(25-2)8-10-18/h7-12,16H,3-6,13-15H2,1-2H3,(H,21,22,23). The van der Waals surface area contributed by atoms with Crippen LogP contribution in [0.1, 0.15) is 32.6 Å². The maximum atomic E-state index is 5.72. The SMILES string of the molecule is CCC1CCCCN1c1ccnc(NCCOc2ccc(OC)cc2)n1. The van der Waals surface area contributed by atoms with Crippen molar-refractivity contribution < 1.29 is 9.47 Å². The van der Waals surface area contributed by atoms with Gasteiger partial charge in [0.25, 0.3) is 0 Å². The van der Waals surface area contributed by atoms with E-state index in [-0.39, 0.29) is 0 Å². The highest BCUT2D eigenvalue weighted by Crippen LogP contribution is 2.25. The van der Waals surface area contributed by atoms with Crippen LogP contribution in [0.25, 0.3) is 0 Å². The first-order chi connectivity index (χ1) is 12.8. The second-order valence-electron chi connectivity index (χ2n) is 6.44. The van der Waals surface area contributed by atoms with E-state index < -0.39 is 0 Å². The van der Waals surface area contributed by atoms with Gasteiger partial charge in [-0.2, -0.15) is 4.98 Å². The van der Waals surface area contributed by atoms with Gasteiger partial charge in [-0.15, -0.1) is 0 Å². The van der Waals surface area contributed by atoms with Crippen LogP contribution in [-0.2, 0) is 0 Å². The molecule has 0 spiro atoms. The Balaban J connectivity index is 1.50. The topological polar surface area (TPSA) is 59.5 Å². The Labute approximate surface area is 155 Å². The lowest BCUT2D eigenvalue weighted by Gasteiger charge is -2.36. The van der Waals surface area contributed by atoms with E-state index in [0.717, 1.165) is 30.3 Å². The molecule has 1 atom stereocenters. The van der Waals surface area contributed by atoms with Crippen LogP contribution in [0.3, 0.4) is 0 Å². The fourth-order valence-corrected chi connectivity index (χ4v) is 3.32. The molecular weight excluding hydrogens is 328 g/mol. The van der Waals surface area contributed by atoms with Crippen molar-refractivity contribution in [1.29, 1.82) is 0 Å². The molecule has 1 aromatic carbocycles. The van der Waals surface area contributed by atoms with Gasteiger partial charge in [0.2, 0.25) is 5.95 Å². The summed E-state index contributed by atoms with van der Waals surface area (Å²) >= 11 is 0. The molecular formula is C20H28N4O2. The van der Waals surface area contributed by atoms with Crippen molar-refractivity contribution in [2.75, 3.05) is 37.0 Å². The summed E-state index contributed by atoms with van der Waals surface area (Å²) in [6, 6.07) is 10.2. The summed E-state index contributed by atoms with van der Waals surface area (Å²) in [5.74, 6) is 3.32. The van der Waals surface area contributed by atoms with Gasteiger partial charge >= 0.3 is 0 Å². The Kier molecular flexibility index (Phi) is 6.52. The number of piperidine rings is 1. The zero-order chi connectivity index (χ0) is 18.2. The van der Waals surface area contributed by atoms with E-state index in [1.165, 1.54) is 19.3 Å². The first kappa shape index (κ1) is 18.3. The lowest BCUT2D eigenvalue weighted by molar-refractivity contribution is 0.331. The highest BCUT2D eigenvalue weighted by atomic mass is 16.5. The summed E-state index contributed by atoms with van der Waals surface area (Å²) in [4.78, 5) is 11.4. The molecule has 2 heterocycles. The van der Waals surface area contributed by atoms with Crippen LogP contribution < -0.4 is 19.7 Å². The fourth-order valence-electron chi connectivity index (χ4n) is 3.32. The Hall–Kier alpha value is -2.50. The zero-order valence-corrected chi connectivity index (χ0v) is 15.6. The summed E-state index contributed by atoms with van der Waals surface area (Å²) in [5, 5.41) is 3.25. The third kappa shape index (κ3) is 4.77. The quantitative estimate of drug-likeness (QED) is 0.727. The predicted molar refractivity (Wildman–Crippen MR) is 104 cm³/mol. The Morgan fingerprint density at radius 2 is 1.96 bits per heavy atom. The molecule has 1 aliphatic heterocycles. The number of hydrogen-bond acceptors (Lipinski definition) is 6. The smallest absolute Gasteiger partial charge is 0.224 e. The number of methoxy groups -OCH3 is 1. The molecule has 1 saturated heterocycles.